The van der Waals surface area contributed by atoms with Crippen LogP contribution in [0, 0.1) is 0 Å². The Morgan fingerprint density at radius 2 is 2.30 bits per heavy atom. The van der Waals surface area contributed by atoms with Crippen LogP contribution in [0.5, 0.6) is 0 Å². The summed E-state index contributed by atoms with van der Waals surface area (Å²) in [5.74, 6) is -0.388. The van der Waals surface area contributed by atoms with Crippen LogP contribution in [0.4, 0.5) is 0 Å². The fourth-order valence-electron chi connectivity index (χ4n) is 0.573. The summed E-state index contributed by atoms with van der Waals surface area (Å²) in [5.41, 5.74) is 5.32. The first-order valence-electron chi connectivity index (χ1n) is 2.68. The normalized spacial score (nSPS) is 14.0. The van der Waals surface area contributed by atoms with Gasteiger partial charge in [-0.05, 0) is 12.1 Å². The van der Waals surface area contributed by atoms with E-state index in [-0.39, 0.29) is 0 Å². The lowest BCUT2D eigenvalue weighted by atomic mass is 10.5. The molecule has 0 spiro atoms. The number of rotatable bonds is 2. The highest BCUT2D eigenvalue weighted by atomic mass is 31.2. The summed E-state index contributed by atoms with van der Waals surface area (Å²) >= 11 is 0. The van der Waals surface area contributed by atoms with Gasteiger partial charge < -0.3 is 19.9 Å². The molecule has 1 aromatic heterocycles. The van der Waals surface area contributed by atoms with Crippen LogP contribution in [0.2, 0.25) is 0 Å². The summed E-state index contributed by atoms with van der Waals surface area (Å²) in [4.78, 5) is 17.3. The molecule has 10 heavy (non-hydrogen) atoms. The monoisotopic (exact) mass is 161 g/mol. The Morgan fingerprint density at radius 1 is 1.60 bits per heavy atom. The molecule has 1 atom stereocenters. The SMILES string of the molecule is NC(c1ccco1)P(O)O. The van der Waals surface area contributed by atoms with E-state index in [0.717, 1.165) is 0 Å². The molecule has 4 nitrogen and oxygen atoms in total. The van der Waals surface area contributed by atoms with Crippen LogP contribution >= 0.6 is 8.38 Å². The Morgan fingerprint density at radius 3 is 2.70 bits per heavy atom. The maximum atomic E-state index is 8.63. The summed E-state index contributed by atoms with van der Waals surface area (Å²) in [6.07, 6.45) is 1.44. The number of nitrogens with two attached hydrogens (primary N) is 1. The molecule has 56 valence electrons. The van der Waals surface area contributed by atoms with Crippen molar-refractivity contribution in [2.75, 3.05) is 0 Å². The molecule has 0 saturated carbocycles. The van der Waals surface area contributed by atoms with Gasteiger partial charge in [-0.1, -0.05) is 0 Å². The Kier molecular flexibility index (Phi) is 2.40. The number of hydrogen-bond acceptors (Lipinski definition) is 4. The molecule has 0 aromatic carbocycles. The Bertz CT molecular complexity index is 187. The van der Waals surface area contributed by atoms with Gasteiger partial charge in [-0.3, -0.25) is 0 Å². The Balaban J connectivity index is 2.68. The lowest BCUT2D eigenvalue weighted by Crippen LogP contribution is -2.06. The first kappa shape index (κ1) is 7.69. The molecule has 0 amide bonds. The second kappa shape index (κ2) is 3.12. The van der Waals surface area contributed by atoms with Crippen molar-refractivity contribution in [3.05, 3.63) is 24.2 Å². The van der Waals surface area contributed by atoms with Crippen LogP contribution in [-0.4, -0.2) is 9.79 Å². The lowest BCUT2D eigenvalue weighted by molar-refractivity contribution is 0.439. The third-order valence-corrected chi connectivity index (χ3v) is 1.84. The fraction of sp³-hybridized carbons (Fsp3) is 0.200. The topological polar surface area (TPSA) is 79.6 Å². The molecule has 1 rings (SSSR count). The van der Waals surface area contributed by atoms with Crippen molar-refractivity contribution in [1.82, 2.24) is 0 Å². The molecule has 0 aliphatic heterocycles. The van der Waals surface area contributed by atoms with E-state index >= 15 is 0 Å². The molecule has 1 unspecified atom stereocenters. The Labute approximate surface area is 59.2 Å². The zero-order chi connectivity index (χ0) is 7.56. The smallest absolute Gasteiger partial charge is 0.191 e. The predicted molar refractivity (Wildman–Crippen MR) is 37.0 cm³/mol. The van der Waals surface area contributed by atoms with Gasteiger partial charge >= 0.3 is 0 Å². The van der Waals surface area contributed by atoms with Gasteiger partial charge in [0.05, 0.1) is 6.26 Å². The molecular weight excluding hydrogens is 153 g/mol. The van der Waals surface area contributed by atoms with Crippen LogP contribution in [0.15, 0.2) is 22.8 Å². The van der Waals surface area contributed by atoms with Crippen molar-refractivity contribution < 1.29 is 14.2 Å². The molecule has 0 aliphatic carbocycles. The zero-order valence-corrected chi connectivity index (χ0v) is 6.03. The molecule has 0 radical (unpaired) electrons. The van der Waals surface area contributed by atoms with E-state index in [2.05, 4.69) is 0 Å². The lowest BCUT2D eigenvalue weighted by Gasteiger charge is -2.07. The summed E-state index contributed by atoms with van der Waals surface area (Å²) in [5, 5.41) is 0. The molecule has 0 saturated heterocycles. The quantitative estimate of drug-likeness (QED) is 0.553. The average Bonchev–Trinajstić information content (AvgIpc) is 2.36. The minimum absolute atomic E-state index is 0.399. The molecule has 0 bridgehead atoms. The van der Waals surface area contributed by atoms with E-state index in [0.29, 0.717) is 5.76 Å². The highest BCUT2D eigenvalue weighted by Crippen LogP contribution is 2.39. The van der Waals surface area contributed by atoms with Gasteiger partial charge in [0.1, 0.15) is 11.5 Å². The summed E-state index contributed by atoms with van der Waals surface area (Å²) in [6, 6.07) is 3.25. The van der Waals surface area contributed by atoms with Gasteiger partial charge in [0.25, 0.3) is 0 Å². The molecule has 0 fully saturated rings. The van der Waals surface area contributed by atoms with E-state index in [9.17, 15) is 0 Å². The van der Waals surface area contributed by atoms with Crippen LogP contribution in [-0.2, 0) is 0 Å². The van der Waals surface area contributed by atoms with Crippen molar-refractivity contribution >= 4 is 8.38 Å². The van der Waals surface area contributed by atoms with Gasteiger partial charge in [-0.25, -0.2) is 0 Å². The van der Waals surface area contributed by atoms with E-state index in [1.165, 1.54) is 6.26 Å². The van der Waals surface area contributed by atoms with E-state index in [1.807, 2.05) is 0 Å². The first-order chi connectivity index (χ1) is 4.72. The first-order valence-corrected chi connectivity index (χ1v) is 3.99. The van der Waals surface area contributed by atoms with Crippen molar-refractivity contribution in [3.63, 3.8) is 0 Å². The summed E-state index contributed by atoms with van der Waals surface area (Å²) < 4.78 is 4.83. The minimum atomic E-state index is -2.13. The van der Waals surface area contributed by atoms with Crippen LogP contribution in [0.3, 0.4) is 0 Å². The van der Waals surface area contributed by atoms with Crippen LogP contribution in [0.1, 0.15) is 11.5 Å². The second-order valence-electron chi connectivity index (χ2n) is 1.78. The summed E-state index contributed by atoms with van der Waals surface area (Å²) in [7, 11) is -2.13. The van der Waals surface area contributed by atoms with Gasteiger partial charge in [0.15, 0.2) is 8.38 Å². The number of furan rings is 1. The van der Waals surface area contributed by atoms with E-state index in [1.54, 1.807) is 12.1 Å². The Hall–Kier alpha value is -0.410. The highest BCUT2D eigenvalue weighted by molar-refractivity contribution is 7.45. The molecule has 5 heteroatoms. The fourth-order valence-corrected chi connectivity index (χ4v) is 0.948. The van der Waals surface area contributed by atoms with Crippen molar-refractivity contribution in [2.24, 2.45) is 5.73 Å². The maximum absolute atomic E-state index is 8.63. The predicted octanol–water partition coefficient (Wildman–Crippen LogP) is 0.533. The molecule has 4 N–H and O–H groups in total. The molecule has 1 aromatic rings. The molecule has 1 heterocycles. The van der Waals surface area contributed by atoms with Gasteiger partial charge in [0, 0.05) is 0 Å². The van der Waals surface area contributed by atoms with Crippen molar-refractivity contribution in [2.45, 2.75) is 5.78 Å². The van der Waals surface area contributed by atoms with E-state index < -0.39 is 14.2 Å². The van der Waals surface area contributed by atoms with Crippen LogP contribution in [0.25, 0.3) is 0 Å². The average molecular weight is 161 g/mol. The van der Waals surface area contributed by atoms with Gasteiger partial charge in [0.2, 0.25) is 0 Å². The van der Waals surface area contributed by atoms with Gasteiger partial charge in [-0.2, -0.15) is 0 Å². The van der Waals surface area contributed by atoms with Crippen molar-refractivity contribution in [1.29, 1.82) is 0 Å². The maximum Gasteiger partial charge on any atom is 0.191 e. The molecular formula is C5H8NO3P. The minimum Gasteiger partial charge on any atom is -0.467 e. The largest absolute Gasteiger partial charge is 0.467 e. The van der Waals surface area contributed by atoms with Crippen molar-refractivity contribution in [3.8, 4) is 0 Å². The third-order valence-electron chi connectivity index (χ3n) is 1.08. The second-order valence-corrected chi connectivity index (χ2v) is 2.98. The number of hydrogen-bond donors (Lipinski definition) is 3. The molecule has 0 aliphatic rings. The van der Waals surface area contributed by atoms with E-state index in [4.69, 9.17) is 19.9 Å². The zero-order valence-electron chi connectivity index (χ0n) is 5.14. The summed E-state index contributed by atoms with van der Waals surface area (Å²) in [6.45, 7) is 0. The third kappa shape index (κ3) is 1.55. The standard InChI is InChI=1S/C5H8NO3P/c6-5(10(7)8)4-2-1-3-9-4/h1-3,5,7-8H,6H2. The van der Waals surface area contributed by atoms with Crippen LogP contribution < -0.4 is 5.73 Å². The highest BCUT2D eigenvalue weighted by Gasteiger charge is 2.16. The van der Waals surface area contributed by atoms with Gasteiger partial charge in [-0.15, -0.1) is 0 Å².